The van der Waals surface area contributed by atoms with Crippen molar-refractivity contribution >= 4 is 5.69 Å². The zero-order chi connectivity index (χ0) is 20.5. The van der Waals surface area contributed by atoms with Gasteiger partial charge in [0.05, 0.1) is 14.2 Å². The summed E-state index contributed by atoms with van der Waals surface area (Å²) >= 11 is 0. The third-order valence-electron chi connectivity index (χ3n) is 5.59. The van der Waals surface area contributed by atoms with Crippen molar-refractivity contribution in [1.29, 1.82) is 0 Å². The Bertz CT molecular complexity index is 708. The minimum absolute atomic E-state index is 0.615. The molecule has 1 aliphatic rings. The number of anilines is 1. The van der Waals surface area contributed by atoms with Gasteiger partial charge in [-0.1, -0.05) is 31.2 Å². The maximum absolute atomic E-state index is 6.03. The SMILES string of the molecule is CCCN(c1ccccc1)C1CCN(CCOc2c(OC)cccc2OC)CC1. The molecule has 2 aromatic carbocycles. The van der Waals surface area contributed by atoms with Crippen molar-refractivity contribution in [1.82, 2.24) is 4.90 Å². The smallest absolute Gasteiger partial charge is 0.203 e. The maximum Gasteiger partial charge on any atom is 0.203 e. The summed E-state index contributed by atoms with van der Waals surface area (Å²) in [6, 6.07) is 17.1. The van der Waals surface area contributed by atoms with E-state index in [1.54, 1.807) is 14.2 Å². The molecule has 0 aromatic heterocycles. The van der Waals surface area contributed by atoms with E-state index in [0.717, 1.165) is 26.2 Å². The van der Waals surface area contributed by atoms with Gasteiger partial charge in [0.15, 0.2) is 11.5 Å². The summed E-state index contributed by atoms with van der Waals surface area (Å²) in [4.78, 5) is 5.08. The molecule has 0 unspecified atom stereocenters. The topological polar surface area (TPSA) is 34.2 Å². The third kappa shape index (κ3) is 5.57. The van der Waals surface area contributed by atoms with Gasteiger partial charge in [0.2, 0.25) is 5.75 Å². The number of methoxy groups -OCH3 is 2. The molecule has 1 saturated heterocycles. The van der Waals surface area contributed by atoms with Crippen LogP contribution in [0.4, 0.5) is 5.69 Å². The van der Waals surface area contributed by atoms with E-state index in [9.17, 15) is 0 Å². The van der Waals surface area contributed by atoms with Gasteiger partial charge in [-0.2, -0.15) is 0 Å². The molecule has 5 heteroatoms. The second kappa shape index (κ2) is 11.0. The first-order chi connectivity index (χ1) is 14.3. The Kier molecular flexibility index (Phi) is 8.05. The first-order valence-electron chi connectivity index (χ1n) is 10.6. The van der Waals surface area contributed by atoms with E-state index in [1.807, 2.05) is 18.2 Å². The number of likely N-dealkylation sites (tertiary alicyclic amines) is 1. The lowest BCUT2D eigenvalue weighted by Crippen LogP contribution is -2.46. The normalized spacial score (nSPS) is 15.1. The summed E-state index contributed by atoms with van der Waals surface area (Å²) in [6.07, 6.45) is 3.55. The number of hydrogen-bond donors (Lipinski definition) is 0. The number of hydrogen-bond acceptors (Lipinski definition) is 5. The molecule has 1 fully saturated rings. The lowest BCUT2D eigenvalue weighted by Gasteiger charge is -2.39. The highest BCUT2D eigenvalue weighted by Gasteiger charge is 2.24. The van der Waals surface area contributed by atoms with Gasteiger partial charge in [0, 0.05) is 37.9 Å². The zero-order valence-corrected chi connectivity index (χ0v) is 18.0. The Labute approximate surface area is 175 Å². The molecule has 29 heavy (non-hydrogen) atoms. The van der Waals surface area contributed by atoms with Crippen LogP contribution in [0.25, 0.3) is 0 Å². The van der Waals surface area contributed by atoms with Crippen LogP contribution in [-0.4, -0.2) is 57.9 Å². The molecule has 158 valence electrons. The summed E-state index contributed by atoms with van der Waals surface area (Å²) < 4.78 is 16.9. The molecule has 0 spiro atoms. The van der Waals surface area contributed by atoms with E-state index in [2.05, 4.69) is 47.1 Å². The number of nitrogens with zero attached hydrogens (tertiary/aromatic N) is 2. The molecule has 2 aromatic rings. The Morgan fingerprint density at radius 1 is 0.931 bits per heavy atom. The summed E-state index contributed by atoms with van der Waals surface area (Å²) in [5, 5.41) is 0. The molecule has 5 nitrogen and oxygen atoms in total. The molecule has 0 radical (unpaired) electrons. The van der Waals surface area contributed by atoms with Crippen LogP contribution in [0, 0.1) is 0 Å². The van der Waals surface area contributed by atoms with E-state index in [0.29, 0.717) is 29.9 Å². The van der Waals surface area contributed by atoms with Crippen molar-refractivity contribution < 1.29 is 14.2 Å². The Morgan fingerprint density at radius 2 is 1.59 bits per heavy atom. The molecular formula is C24H34N2O3. The van der Waals surface area contributed by atoms with Gasteiger partial charge in [-0.15, -0.1) is 0 Å². The Balaban J connectivity index is 1.50. The highest BCUT2D eigenvalue weighted by atomic mass is 16.5. The lowest BCUT2D eigenvalue weighted by atomic mass is 10.0. The summed E-state index contributed by atoms with van der Waals surface area (Å²) in [7, 11) is 3.31. The summed E-state index contributed by atoms with van der Waals surface area (Å²) in [6.45, 7) is 7.11. The number of para-hydroxylation sites is 2. The molecule has 1 heterocycles. The van der Waals surface area contributed by atoms with Crippen LogP contribution in [0.2, 0.25) is 0 Å². The Hall–Kier alpha value is -2.40. The van der Waals surface area contributed by atoms with E-state index >= 15 is 0 Å². The predicted octanol–water partition coefficient (Wildman–Crippen LogP) is 4.46. The van der Waals surface area contributed by atoms with Crippen LogP contribution in [0.15, 0.2) is 48.5 Å². The van der Waals surface area contributed by atoms with Gasteiger partial charge in [0.25, 0.3) is 0 Å². The molecule has 3 rings (SSSR count). The number of ether oxygens (including phenoxy) is 3. The highest BCUT2D eigenvalue weighted by molar-refractivity contribution is 5.51. The predicted molar refractivity (Wildman–Crippen MR) is 119 cm³/mol. The average Bonchev–Trinajstić information content (AvgIpc) is 2.78. The van der Waals surface area contributed by atoms with Gasteiger partial charge in [-0.25, -0.2) is 0 Å². The van der Waals surface area contributed by atoms with E-state index in [1.165, 1.54) is 24.9 Å². The molecular weight excluding hydrogens is 364 g/mol. The second-order valence-electron chi connectivity index (χ2n) is 7.44. The molecule has 0 N–H and O–H groups in total. The summed E-state index contributed by atoms with van der Waals surface area (Å²) in [5.41, 5.74) is 1.35. The van der Waals surface area contributed by atoms with Crippen molar-refractivity contribution in [3.05, 3.63) is 48.5 Å². The monoisotopic (exact) mass is 398 g/mol. The van der Waals surface area contributed by atoms with Gasteiger partial charge in [-0.05, 0) is 43.5 Å². The number of piperidine rings is 1. The molecule has 0 saturated carbocycles. The molecule has 0 amide bonds. The van der Waals surface area contributed by atoms with Crippen LogP contribution < -0.4 is 19.1 Å². The van der Waals surface area contributed by atoms with Crippen molar-refractivity contribution in [3.8, 4) is 17.2 Å². The molecule has 1 aliphatic heterocycles. The second-order valence-corrected chi connectivity index (χ2v) is 7.44. The molecule has 0 atom stereocenters. The van der Waals surface area contributed by atoms with E-state index in [-0.39, 0.29) is 0 Å². The van der Waals surface area contributed by atoms with E-state index < -0.39 is 0 Å². The largest absolute Gasteiger partial charge is 0.493 e. The average molecular weight is 399 g/mol. The fourth-order valence-electron chi connectivity index (χ4n) is 4.07. The summed E-state index contributed by atoms with van der Waals surface area (Å²) in [5.74, 6) is 2.10. The van der Waals surface area contributed by atoms with Crippen LogP contribution in [0.5, 0.6) is 17.2 Å². The fraction of sp³-hybridized carbons (Fsp3) is 0.500. The first kappa shape index (κ1) is 21.3. The minimum atomic E-state index is 0.615. The molecule has 0 bridgehead atoms. The standard InChI is InChI=1S/C24H34N2O3/c1-4-15-26(20-9-6-5-7-10-20)21-13-16-25(17-14-21)18-19-29-24-22(27-2)11-8-12-23(24)28-3/h5-12,21H,4,13-19H2,1-3H3. The quantitative estimate of drug-likeness (QED) is 0.590. The van der Waals surface area contributed by atoms with Gasteiger partial charge in [-0.3, -0.25) is 4.90 Å². The Morgan fingerprint density at radius 3 is 2.17 bits per heavy atom. The van der Waals surface area contributed by atoms with Crippen molar-refractivity contribution in [2.24, 2.45) is 0 Å². The van der Waals surface area contributed by atoms with E-state index in [4.69, 9.17) is 14.2 Å². The first-order valence-corrected chi connectivity index (χ1v) is 10.6. The van der Waals surface area contributed by atoms with Crippen LogP contribution >= 0.6 is 0 Å². The van der Waals surface area contributed by atoms with Gasteiger partial charge < -0.3 is 19.1 Å². The highest BCUT2D eigenvalue weighted by Crippen LogP contribution is 2.36. The lowest BCUT2D eigenvalue weighted by molar-refractivity contribution is 0.167. The minimum Gasteiger partial charge on any atom is -0.493 e. The van der Waals surface area contributed by atoms with Crippen molar-refractivity contribution in [2.75, 3.05) is 51.9 Å². The van der Waals surface area contributed by atoms with Gasteiger partial charge in [0.1, 0.15) is 6.61 Å². The fourth-order valence-corrected chi connectivity index (χ4v) is 4.07. The van der Waals surface area contributed by atoms with Crippen LogP contribution in [0.1, 0.15) is 26.2 Å². The van der Waals surface area contributed by atoms with Crippen molar-refractivity contribution in [2.45, 2.75) is 32.2 Å². The molecule has 0 aliphatic carbocycles. The maximum atomic E-state index is 6.03. The zero-order valence-electron chi connectivity index (χ0n) is 18.0. The number of benzene rings is 2. The van der Waals surface area contributed by atoms with Gasteiger partial charge >= 0.3 is 0 Å². The number of rotatable bonds is 10. The van der Waals surface area contributed by atoms with Crippen LogP contribution in [0.3, 0.4) is 0 Å². The van der Waals surface area contributed by atoms with Crippen LogP contribution in [-0.2, 0) is 0 Å². The third-order valence-corrected chi connectivity index (χ3v) is 5.59. The van der Waals surface area contributed by atoms with Crippen molar-refractivity contribution in [3.63, 3.8) is 0 Å².